The lowest BCUT2D eigenvalue weighted by Gasteiger charge is -2.37. The van der Waals surface area contributed by atoms with Gasteiger partial charge in [0, 0.05) is 17.1 Å². The maximum Gasteiger partial charge on any atom is 0.341 e. The monoisotopic (exact) mass is 380 g/mol. The molecule has 0 aromatic heterocycles. The van der Waals surface area contributed by atoms with Crippen molar-refractivity contribution < 1.29 is 33.7 Å². The summed E-state index contributed by atoms with van der Waals surface area (Å²) in [6.07, 6.45) is 0.842. The van der Waals surface area contributed by atoms with Crippen LogP contribution in [0, 0.1) is 11.8 Å². The normalized spacial score (nSPS) is 33.6. The highest BCUT2D eigenvalue weighted by atomic mass is 16.7. The van der Waals surface area contributed by atoms with E-state index in [1.54, 1.807) is 33.8 Å². The van der Waals surface area contributed by atoms with Crippen molar-refractivity contribution in [2.24, 2.45) is 11.8 Å². The van der Waals surface area contributed by atoms with Crippen LogP contribution in [0.1, 0.15) is 41.5 Å². The summed E-state index contributed by atoms with van der Waals surface area (Å²) in [4.78, 5) is 37.5. The topological polar surface area (TPSA) is 102 Å². The lowest BCUT2D eigenvalue weighted by atomic mass is 9.77. The summed E-state index contributed by atoms with van der Waals surface area (Å²) in [5, 5.41) is 9.55. The minimum Gasteiger partial charge on any atom is -0.454 e. The average molecular weight is 380 g/mol. The molecule has 1 saturated heterocycles. The predicted molar refractivity (Wildman–Crippen MR) is 96.6 cm³/mol. The fraction of sp³-hybridized carbons (Fsp3) is 0.650. The number of ether oxygens (including phenoxy) is 3. The number of allylic oxidation sites excluding steroid dienone is 1. The van der Waals surface area contributed by atoms with Crippen molar-refractivity contribution in [3.63, 3.8) is 0 Å². The third-order valence-corrected chi connectivity index (χ3v) is 5.39. The maximum atomic E-state index is 12.8. The largest absolute Gasteiger partial charge is 0.454 e. The van der Waals surface area contributed by atoms with Crippen LogP contribution in [0.4, 0.5) is 0 Å². The predicted octanol–water partition coefficient (Wildman–Crippen LogP) is 1.73. The van der Waals surface area contributed by atoms with Gasteiger partial charge >= 0.3 is 11.9 Å². The van der Waals surface area contributed by atoms with Crippen molar-refractivity contribution in [1.82, 2.24) is 0 Å². The first kappa shape index (κ1) is 21.3. The summed E-state index contributed by atoms with van der Waals surface area (Å²) in [5.41, 5.74) is -0.582. The second-order valence-electron chi connectivity index (χ2n) is 7.57. The molecular weight excluding hydrogens is 352 g/mol. The Morgan fingerprint density at radius 1 is 1.37 bits per heavy atom. The maximum absolute atomic E-state index is 12.8. The minimum atomic E-state index is -1.15. The third-order valence-electron chi connectivity index (χ3n) is 5.39. The molecule has 0 amide bonds. The summed E-state index contributed by atoms with van der Waals surface area (Å²) < 4.78 is 16.4. The van der Waals surface area contributed by atoms with Gasteiger partial charge in [-0.05, 0) is 39.7 Å². The summed E-state index contributed by atoms with van der Waals surface area (Å²) >= 11 is 0. The Balaban J connectivity index is 2.33. The molecule has 0 bridgehead atoms. The van der Waals surface area contributed by atoms with Crippen LogP contribution in [-0.2, 0) is 28.6 Å². The Morgan fingerprint density at radius 2 is 1.96 bits per heavy atom. The molecule has 1 aliphatic heterocycles. The molecule has 27 heavy (non-hydrogen) atoms. The van der Waals surface area contributed by atoms with E-state index in [4.69, 9.17) is 14.2 Å². The molecule has 0 saturated carbocycles. The van der Waals surface area contributed by atoms with Crippen molar-refractivity contribution in [1.29, 1.82) is 0 Å². The van der Waals surface area contributed by atoms with Crippen LogP contribution < -0.4 is 0 Å². The van der Waals surface area contributed by atoms with E-state index in [0.717, 1.165) is 0 Å². The van der Waals surface area contributed by atoms with Crippen molar-refractivity contribution >= 4 is 17.7 Å². The van der Waals surface area contributed by atoms with E-state index in [9.17, 15) is 19.5 Å². The third kappa shape index (κ3) is 4.14. The van der Waals surface area contributed by atoms with Crippen LogP contribution >= 0.6 is 0 Å². The second kappa shape index (κ2) is 7.94. The number of carbonyl (C=O) groups excluding carboxylic acids is 3. The molecule has 1 fully saturated rings. The number of hydrogen-bond acceptors (Lipinski definition) is 7. The Hall–Kier alpha value is -1.99. The Kier molecular flexibility index (Phi) is 6.27. The number of carbonyl (C=O) groups is 3. The van der Waals surface area contributed by atoms with E-state index in [2.05, 4.69) is 0 Å². The van der Waals surface area contributed by atoms with Gasteiger partial charge < -0.3 is 19.3 Å². The molecular formula is C20H28O7. The number of ketones is 1. The first-order valence-corrected chi connectivity index (χ1v) is 9.15. The Morgan fingerprint density at radius 3 is 2.41 bits per heavy atom. The van der Waals surface area contributed by atoms with Crippen LogP contribution in [0.25, 0.3) is 0 Å². The van der Waals surface area contributed by atoms with Crippen molar-refractivity contribution in [3.05, 3.63) is 23.3 Å². The smallest absolute Gasteiger partial charge is 0.341 e. The SMILES string of the molecule is CC=C(C)C(=O)O[C@@H]1C=C(CO)C(=O)[C@@H](OC(=O)[C@]2(C)O[C@@H]2C)[C@@H]1C(C)C. The minimum absolute atomic E-state index is 0.0653. The standard InChI is InChI=1S/C20H28O7/c1-7-11(4)18(23)25-14-8-13(9-21)16(22)17(15(14)10(2)3)26-19(24)20(6)12(5)27-20/h7-8,10,12,14-15,17,21H,9H2,1-6H3/t12-,14-,15-,17+,20-/m1/s1. The van der Waals surface area contributed by atoms with E-state index < -0.39 is 48.1 Å². The quantitative estimate of drug-likeness (QED) is 0.425. The van der Waals surface area contributed by atoms with Crippen LogP contribution in [-0.4, -0.2) is 53.3 Å². The number of rotatable bonds is 6. The number of aliphatic hydroxyl groups excluding tert-OH is 1. The number of hydrogen-bond donors (Lipinski definition) is 1. The van der Waals surface area contributed by atoms with Gasteiger partial charge in [0.2, 0.25) is 5.78 Å². The number of epoxide rings is 1. The molecule has 1 aliphatic carbocycles. The molecule has 0 aromatic carbocycles. The first-order chi connectivity index (χ1) is 12.6. The molecule has 2 rings (SSSR count). The van der Waals surface area contributed by atoms with Crippen LogP contribution in [0.5, 0.6) is 0 Å². The van der Waals surface area contributed by atoms with Gasteiger partial charge in [-0.25, -0.2) is 9.59 Å². The highest BCUT2D eigenvalue weighted by Crippen LogP contribution is 2.39. The van der Waals surface area contributed by atoms with Gasteiger partial charge in [-0.2, -0.15) is 0 Å². The average Bonchev–Trinajstić information content (AvgIpc) is 3.24. The van der Waals surface area contributed by atoms with Crippen molar-refractivity contribution in [2.75, 3.05) is 6.61 Å². The molecule has 7 heteroatoms. The molecule has 1 N–H and O–H groups in total. The van der Waals surface area contributed by atoms with E-state index in [1.807, 2.05) is 13.8 Å². The Labute approximate surface area is 159 Å². The molecule has 150 valence electrons. The second-order valence-corrected chi connectivity index (χ2v) is 7.57. The molecule has 5 atom stereocenters. The lowest BCUT2D eigenvalue weighted by molar-refractivity contribution is -0.170. The molecule has 0 radical (unpaired) electrons. The lowest BCUT2D eigenvalue weighted by Crippen LogP contribution is -2.50. The molecule has 0 aromatic rings. The van der Waals surface area contributed by atoms with E-state index in [1.165, 1.54) is 6.08 Å². The molecule has 1 heterocycles. The number of aliphatic hydroxyl groups is 1. The number of Topliss-reactive ketones (excluding diaryl/α,β-unsaturated/α-hetero) is 1. The Bertz CT molecular complexity index is 690. The van der Waals surface area contributed by atoms with Gasteiger partial charge in [-0.15, -0.1) is 0 Å². The van der Waals surface area contributed by atoms with E-state index >= 15 is 0 Å². The van der Waals surface area contributed by atoms with Crippen LogP contribution in [0.3, 0.4) is 0 Å². The summed E-state index contributed by atoms with van der Waals surface area (Å²) in [6.45, 7) is 9.88. The van der Waals surface area contributed by atoms with Gasteiger partial charge in [0.25, 0.3) is 0 Å². The fourth-order valence-electron chi connectivity index (χ4n) is 3.14. The number of esters is 2. The molecule has 0 unspecified atom stereocenters. The zero-order chi connectivity index (χ0) is 20.5. The zero-order valence-electron chi connectivity index (χ0n) is 16.6. The van der Waals surface area contributed by atoms with Gasteiger partial charge in [0.15, 0.2) is 11.7 Å². The van der Waals surface area contributed by atoms with E-state index in [-0.39, 0.29) is 17.6 Å². The highest BCUT2D eigenvalue weighted by molar-refractivity contribution is 6.02. The van der Waals surface area contributed by atoms with Crippen LogP contribution in [0.15, 0.2) is 23.3 Å². The van der Waals surface area contributed by atoms with E-state index in [0.29, 0.717) is 5.57 Å². The van der Waals surface area contributed by atoms with Gasteiger partial charge in [0.1, 0.15) is 6.10 Å². The summed E-state index contributed by atoms with van der Waals surface area (Å²) in [6, 6.07) is 0. The molecule has 2 aliphatic rings. The van der Waals surface area contributed by atoms with Crippen molar-refractivity contribution in [3.8, 4) is 0 Å². The summed E-state index contributed by atoms with van der Waals surface area (Å²) in [7, 11) is 0. The van der Waals surface area contributed by atoms with Gasteiger partial charge in [-0.1, -0.05) is 19.9 Å². The van der Waals surface area contributed by atoms with Crippen molar-refractivity contribution in [2.45, 2.75) is 65.5 Å². The summed E-state index contributed by atoms with van der Waals surface area (Å²) in [5.74, 6) is -2.32. The molecule has 7 nitrogen and oxygen atoms in total. The highest BCUT2D eigenvalue weighted by Gasteiger charge is 2.59. The fourth-order valence-corrected chi connectivity index (χ4v) is 3.14. The zero-order valence-corrected chi connectivity index (χ0v) is 16.6. The van der Waals surface area contributed by atoms with Gasteiger partial charge in [-0.3, -0.25) is 4.79 Å². The first-order valence-electron chi connectivity index (χ1n) is 9.15. The van der Waals surface area contributed by atoms with Crippen LogP contribution in [0.2, 0.25) is 0 Å². The molecule has 0 spiro atoms. The van der Waals surface area contributed by atoms with Gasteiger partial charge in [0.05, 0.1) is 12.7 Å².